The van der Waals surface area contributed by atoms with Crippen molar-refractivity contribution in [3.63, 3.8) is 0 Å². The number of ether oxygens (including phenoxy) is 1. The third-order valence-corrected chi connectivity index (χ3v) is 10.3. The lowest BCUT2D eigenvalue weighted by Gasteiger charge is -2.40. The van der Waals surface area contributed by atoms with Crippen molar-refractivity contribution in [2.24, 2.45) is 5.92 Å². The van der Waals surface area contributed by atoms with Gasteiger partial charge in [-0.2, -0.15) is 0 Å². The summed E-state index contributed by atoms with van der Waals surface area (Å²) in [6, 6.07) is 8.28. The SMILES string of the molecule is C[C@H]1C(=O)N[C@](CO[Si](C)(C)C(C)(C)C)(C(=O)O)[C@@H]1OC(=O)c1ccccc1. The van der Waals surface area contributed by atoms with E-state index < -0.39 is 43.7 Å². The number of rotatable bonds is 6. The molecule has 1 amide bonds. The average molecular weight is 408 g/mol. The summed E-state index contributed by atoms with van der Waals surface area (Å²) in [4.78, 5) is 37.1. The fourth-order valence-corrected chi connectivity index (χ4v) is 3.82. The third kappa shape index (κ3) is 4.12. The molecule has 0 aromatic heterocycles. The molecule has 3 atom stereocenters. The quantitative estimate of drug-likeness (QED) is 0.555. The van der Waals surface area contributed by atoms with Gasteiger partial charge in [-0.05, 0) is 37.2 Å². The highest BCUT2D eigenvalue weighted by Crippen LogP contribution is 2.38. The van der Waals surface area contributed by atoms with Crippen LogP contribution >= 0.6 is 0 Å². The van der Waals surface area contributed by atoms with Crippen molar-refractivity contribution in [2.45, 2.75) is 57.5 Å². The summed E-state index contributed by atoms with van der Waals surface area (Å²) in [5.74, 6) is -3.25. The minimum absolute atomic E-state index is 0.142. The lowest BCUT2D eigenvalue weighted by Crippen LogP contribution is -2.62. The van der Waals surface area contributed by atoms with Gasteiger partial charge in [0.15, 0.2) is 13.9 Å². The van der Waals surface area contributed by atoms with Crippen LogP contribution in [-0.4, -0.2) is 49.5 Å². The Kier molecular flexibility index (Phi) is 6.06. The molecule has 2 rings (SSSR count). The zero-order valence-corrected chi connectivity index (χ0v) is 18.2. The van der Waals surface area contributed by atoms with Crippen LogP contribution in [0.2, 0.25) is 18.1 Å². The molecule has 1 heterocycles. The molecule has 1 aliphatic rings. The second-order valence-electron chi connectivity index (χ2n) is 8.80. The number of benzene rings is 1. The van der Waals surface area contributed by atoms with E-state index >= 15 is 0 Å². The van der Waals surface area contributed by atoms with Crippen LogP contribution in [0, 0.1) is 5.92 Å². The average Bonchev–Trinajstić information content (AvgIpc) is 2.85. The molecule has 2 N–H and O–H groups in total. The second-order valence-corrected chi connectivity index (χ2v) is 13.6. The van der Waals surface area contributed by atoms with Gasteiger partial charge in [0.25, 0.3) is 0 Å². The van der Waals surface area contributed by atoms with Crippen LogP contribution in [0.1, 0.15) is 38.1 Å². The molecule has 0 saturated carbocycles. The molecule has 0 aliphatic carbocycles. The number of esters is 1. The van der Waals surface area contributed by atoms with Gasteiger partial charge in [0.1, 0.15) is 6.10 Å². The van der Waals surface area contributed by atoms with Gasteiger partial charge in [-0.3, -0.25) is 4.79 Å². The van der Waals surface area contributed by atoms with Gasteiger partial charge in [0.2, 0.25) is 5.91 Å². The Morgan fingerprint density at radius 1 is 1.21 bits per heavy atom. The fraction of sp³-hybridized carbons (Fsp3) is 0.550. The van der Waals surface area contributed by atoms with E-state index in [-0.39, 0.29) is 11.6 Å². The Labute approximate surface area is 166 Å². The number of aliphatic carboxylic acids is 1. The van der Waals surface area contributed by atoms with Crippen molar-refractivity contribution < 1.29 is 28.7 Å². The molecule has 0 spiro atoms. The van der Waals surface area contributed by atoms with Gasteiger partial charge < -0.3 is 19.6 Å². The molecule has 0 unspecified atom stereocenters. The van der Waals surface area contributed by atoms with Crippen molar-refractivity contribution >= 4 is 26.2 Å². The van der Waals surface area contributed by atoms with E-state index in [1.807, 2.05) is 33.9 Å². The van der Waals surface area contributed by atoms with Crippen molar-refractivity contribution in [1.29, 1.82) is 0 Å². The summed E-state index contributed by atoms with van der Waals surface area (Å²) in [5, 5.41) is 12.4. The monoisotopic (exact) mass is 407 g/mol. The first kappa shape index (κ1) is 22.1. The smallest absolute Gasteiger partial charge is 0.338 e. The van der Waals surface area contributed by atoms with Gasteiger partial charge >= 0.3 is 11.9 Å². The first-order valence-corrected chi connectivity index (χ1v) is 12.2. The van der Waals surface area contributed by atoms with E-state index in [0.717, 1.165) is 0 Å². The molecule has 0 radical (unpaired) electrons. The number of nitrogens with one attached hydrogen (secondary N) is 1. The molecule has 1 aromatic rings. The largest absolute Gasteiger partial charge is 0.479 e. The van der Waals surface area contributed by atoms with E-state index in [2.05, 4.69) is 5.32 Å². The fourth-order valence-electron chi connectivity index (χ4n) is 2.80. The summed E-state index contributed by atoms with van der Waals surface area (Å²) in [6.45, 7) is 11.4. The van der Waals surface area contributed by atoms with Gasteiger partial charge in [-0.1, -0.05) is 39.0 Å². The van der Waals surface area contributed by atoms with Gasteiger partial charge in [-0.15, -0.1) is 0 Å². The van der Waals surface area contributed by atoms with E-state index in [4.69, 9.17) is 9.16 Å². The maximum atomic E-state index is 12.5. The summed E-state index contributed by atoms with van der Waals surface area (Å²) in [7, 11) is -2.30. The van der Waals surface area contributed by atoms with E-state index in [9.17, 15) is 19.5 Å². The predicted molar refractivity (Wildman–Crippen MR) is 106 cm³/mol. The first-order chi connectivity index (χ1) is 12.8. The van der Waals surface area contributed by atoms with Crippen molar-refractivity contribution in [2.75, 3.05) is 6.61 Å². The van der Waals surface area contributed by atoms with Gasteiger partial charge in [0.05, 0.1) is 18.1 Å². The summed E-state index contributed by atoms with van der Waals surface area (Å²) < 4.78 is 11.6. The number of carbonyl (C=O) groups is 3. The molecule has 1 aliphatic heterocycles. The van der Waals surface area contributed by atoms with Gasteiger partial charge in [-0.25, -0.2) is 9.59 Å². The minimum Gasteiger partial charge on any atom is -0.479 e. The van der Waals surface area contributed by atoms with E-state index in [0.29, 0.717) is 5.56 Å². The zero-order valence-electron chi connectivity index (χ0n) is 17.2. The molecule has 8 heteroatoms. The predicted octanol–water partition coefficient (Wildman–Crippen LogP) is 2.82. The Hall–Kier alpha value is -2.19. The highest BCUT2D eigenvalue weighted by atomic mass is 28.4. The van der Waals surface area contributed by atoms with Crippen LogP contribution in [0.25, 0.3) is 0 Å². The van der Waals surface area contributed by atoms with E-state index in [1.165, 1.54) is 0 Å². The number of amides is 1. The van der Waals surface area contributed by atoms with Crippen molar-refractivity contribution in [3.8, 4) is 0 Å². The van der Waals surface area contributed by atoms with Crippen LogP contribution < -0.4 is 5.32 Å². The number of carboxylic acids is 1. The summed E-state index contributed by atoms with van der Waals surface area (Å²) in [5.41, 5.74) is -1.53. The second kappa shape index (κ2) is 7.67. The van der Waals surface area contributed by atoms with Crippen LogP contribution in [-0.2, 0) is 18.8 Å². The molecule has 28 heavy (non-hydrogen) atoms. The number of hydrogen-bond acceptors (Lipinski definition) is 5. The Morgan fingerprint density at radius 3 is 2.29 bits per heavy atom. The molecular weight excluding hydrogens is 378 g/mol. The maximum Gasteiger partial charge on any atom is 0.338 e. The van der Waals surface area contributed by atoms with Crippen LogP contribution in [0.5, 0.6) is 0 Å². The molecular formula is C20H29NO6Si. The van der Waals surface area contributed by atoms with Crippen LogP contribution in [0.3, 0.4) is 0 Å². The maximum absolute atomic E-state index is 12.5. The Bertz CT molecular complexity index is 758. The summed E-state index contributed by atoms with van der Waals surface area (Å²) >= 11 is 0. The Morgan fingerprint density at radius 2 is 1.79 bits per heavy atom. The standard InChI is InChI=1S/C20H29NO6Si/c1-13-15(27-17(23)14-10-8-7-9-11-14)20(18(24)25,21-16(13)22)12-26-28(5,6)19(2,3)4/h7-11,13,15H,12H2,1-6H3,(H,21,22)(H,24,25)/t13-,15-,20+/m1/s1. The van der Waals surface area contributed by atoms with Crippen LogP contribution in [0.15, 0.2) is 30.3 Å². The topological polar surface area (TPSA) is 102 Å². The number of hydrogen-bond donors (Lipinski definition) is 2. The molecule has 1 saturated heterocycles. The molecule has 154 valence electrons. The van der Waals surface area contributed by atoms with Crippen molar-refractivity contribution in [1.82, 2.24) is 5.32 Å². The molecule has 1 aromatic carbocycles. The molecule has 7 nitrogen and oxygen atoms in total. The molecule has 1 fully saturated rings. The van der Waals surface area contributed by atoms with E-state index in [1.54, 1.807) is 37.3 Å². The lowest BCUT2D eigenvalue weighted by atomic mass is 9.90. The lowest BCUT2D eigenvalue weighted by molar-refractivity contribution is -0.151. The zero-order chi connectivity index (χ0) is 21.3. The van der Waals surface area contributed by atoms with Gasteiger partial charge in [0, 0.05) is 0 Å². The van der Waals surface area contributed by atoms with Crippen LogP contribution in [0.4, 0.5) is 0 Å². The number of carboxylic acid groups (broad SMARTS) is 1. The highest BCUT2D eigenvalue weighted by molar-refractivity contribution is 6.74. The number of carbonyl (C=O) groups excluding carboxylic acids is 2. The summed E-state index contributed by atoms with van der Waals surface area (Å²) in [6.07, 6.45) is -1.19. The normalized spacial score (nSPS) is 25.3. The minimum atomic E-state index is -2.30. The Balaban J connectivity index is 2.33. The molecule has 0 bridgehead atoms. The first-order valence-electron chi connectivity index (χ1n) is 9.27. The third-order valence-electron chi connectivity index (χ3n) is 5.79. The van der Waals surface area contributed by atoms with Crippen molar-refractivity contribution in [3.05, 3.63) is 35.9 Å². The highest BCUT2D eigenvalue weighted by Gasteiger charge is 2.60.